The van der Waals surface area contributed by atoms with Crippen LogP contribution in [0.5, 0.6) is 5.75 Å². The predicted octanol–water partition coefficient (Wildman–Crippen LogP) is 3.67. The highest BCUT2D eigenvalue weighted by Gasteiger charge is 2.25. The van der Waals surface area contributed by atoms with Crippen molar-refractivity contribution in [3.8, 4) is 5.75 Å². The van der Waals surface area contributed by atoms with E-state index in [0.29, 0.717) is 18.0 Å². The number of fused-ring (bicyclic) bond motifs is 1. The first-order valence-electron chi connectivity index (χ1n) is 7.08. The maximum Gasteiger partial charge on any atom is 0.339 e. The van der Waals surface area contributed by atoms with Gasteiger partial charge < -0.3 is 9.08 Å². The molecule has 0 spiro atoms. The molecule has 0 saturated carbocycles. The Morgan fingerprint density at radius 1 is 1.12 bits per heavy atom. The predicted molar refractivity (Wildman–Crippen MR) is 92.4 cm³/mol. The summed E-state index contributed by atoms with van der Waals surface area (Å²) in [4.78, 5) is 13.2. The molecule has 1 amide bonds. The molecule has 8 heteroatoms. The third-order valence-corrected chi connectivity index (χ3v) is 5.69. The Balaban J connectivity index is 1.91. The average molecular weight is 386 g/mol. The number of amides is 1. The van der Waals surface area contributed by atoms with Gasteiger partial charge in [0, 0.05) is 25.2 Å². The van der Waals surface area contributed by atoms with Crippen molar-refractivity contribution >= 4 is 44.9 Å². The largest absolute Gasteiger partial charge is 0.379 e. The Kier molecular flexibility index (Phi) is 4.46. The van der Waals surface area contributed by atoms with Gasteiger partial charge in [0.1, 0.15) is 10.6 Å². The molecule has 2 aromatic rings. The summed E-state index contributed by atoms with van der Waals surface area (Å²) in [5.74, 6) is 0.00618. The number of halogens is 2. The molecule has 0 unspecified atom stereocenters. The van der Waals surface area contributed by atoms with Crippen molar-refractivity contribution < 1.29 is 17.4 Å². The molecule has 0 bridgehead atoms. The Hall–Kier alpha value is -1.76. The van der Waals surface area contributed by atoms with E-state index < -0.39 is 10.1 Å². The summed E-state index contributed by atoms with van der Waals surface area (Å²) in [5.41, 5.74) is 1.53. The monoisotopic (exact) mass is 385 g/mol. The van der Waals surface area contributed by atoms with Crippen molar-refractivity contribution in [1.29, 1.82) is 0 Å². The van der Waals surface area contributed by atoms with Crippen LogP contribution < -0.4 is 9.08 Å². The second-order valence-electron chi connectivity index (χ2n) is 5.32. The minimum absolute atomic E-state index is 0.0257. The summed E-state index contributed by atoms with van der Waals surface area (Å²) < 4.78 is 30.0. The molecule has 0 atom stereocenters. The van der Waals surface area contributed by atoms with Crippen molar-refractivity contribution in [1.82, 2.24) is 0 Å². The SMILES string of the molecule is CC(=O)N1CCc2cc(S(=O)(=O)Oc3ccc(Cl)c(Cl)c3)ccc21. The number of carbonyl (C=O) groups is 1. The third-order valence-electron chi connectivity index (χ3n) is 3.71. The summed E-state index contributed by atoms with van der Waals surface area (Å²) in [6.07, 6.45) is 0.602. The van der Waals surface area contributed by atoms with Crippen LogP contribution in [0.1, 0.15) is 12.5 Å². The molecule has 0 radical (unpaired) electrons. The minimum atomic E-state index is -4.01. The second-order valence-corrected chi connectivity index (χ2v) is 7.69. The average Bonchev–Trinajstić information content (AvgIpc) is 2.94. The van der Waals surface area contributed by atoms with E-state index >= 15 is 0 Å². The molecule has 5 nitrogen and oxygen atoms in total. The number of nitrogens with zero attached hydrogens (tertiary/aromatic N) is 1. The summed E-state index contributed by atoms with van der Waals surface area (Å²) in [7, 11) is -4.01. The number of anilines is 1. The molecular formula is C16H13Cl2NO4S. The molecule has 1 aliphatic rings. The van der Waals surface area contributed by atoms with Crippen molar-refractivity contribution in [2.45, 2.75) is 18.2 Å². The molecule has 126 valence electrons. The molecule has 24 heavy (non-hydrogen) atoms. The van der Waals surface area contributed by atoms with E-state index in [1.165, 1.54) is 37.3 Å². The summed E-state index contributed by atoms with van der Waals surface area (Å²) in [5, 5.41) is 0.513. The summed E-state index contributed by atoms with van der Waals surface area (Å²) in [6, 6.07) is 8.80. The number of carbonyl (C=O) groups excluding carboxylic acids is 1. The van der Waals surface area contributed by atoms with Gasteiger partial charge in [-0.05, 0) is 42.3 Å². The Bertz CT molecular complexity index is 928. The molecule has 1 aliphatic heterocycles. The van der Waals surface area contributed by atoms with Crippen LogP contribution in [0, 0.1) is 0 Å². The van der Waals surface area contributed by atoms with Gasteiger partial charge in [0.25, 0.3) is 0 Å². The van der Waals surface area contributed by atoms with Crippen molar-refractivity contribution in [3.63, 3.8) is 0 Å². The lowest BCUT2D eigenvalue weighted by molar-refractivity contribution is -0.116. The van der Waals surface area contributed by atoms with Crippen LogP contribution in [-0.4, -0.2) is 20.9 Å². The maximum absolute atomic E-state index is 12.4. The fourth-order valence-electron chi connectivity index (χ4n) is 2.56. The second kappa shape index (κ2) is 6.27. The lowest BCUT2D eigenvalue weighted by Crippen LogP contribution is -2.25. The molecule has 0 fully saturated rings. The molecule has 0 N–H and O–H groups in total. The lowest BCUT2D eigenvalue weighted by atomic mass is 10.2. The smallest absolute Gasteiger partial charge is 0.339 e. The van der Waals surface area contributed by atoms with E-state index in [4.69, 9.17) is 27.4 Å². The van der Waals surface area contributed by atoms with E-state index in [2.05, 4.69) is 0 Å². The maximum atomic E-state index is 12.4. The van der Waals surface area contributed by atoms with Crippen LogP contribution in [0.15, 0.2) is 41.3 Å². The van der Waals surface area contributed by atoms with Crippen LogP contribution in [-0.2, 0) is 21.3 Å². The highest BCUT2D eigenvalue weighted by Crippen LogP contribution is 2.32. The normalized spacial score (nSPS) is 13.7. The van der Waals surface area contributed by atoms with E-state index in [-0.39, 0.29) is 21.6 Å². The van der Waals surface area contributed by atoms with Crippen molar-refractivity contribution in [2.24, 2.45) is 0 Å². The molecule has 0 aromatic heterocycles. The Labute approximate surface area is 149 Å². The third kappa shape index (κ3) is 3.22. The molecule has 0 saturated heterocycles. The highest BCUT2D eigenvalue weighted by atomic mass is 35.5. The van der Waals surface area contributed by atoms with Crippen LogP contribution in [0.3, 0.4) is 0 Å². The zero-order chi connectivity index (χ0) is 17.5. The first-order valence-corrected chi connectivity index (χ1v) is 9.25. The Morgan fingerprint density at radius 3 is 2.54 bits per heavy atom. The molecule has 1 heterocycles. The molecule has 3 rings (SSSR count). The van der Waals surface area contributed by atoms with Gasteiger partial charge in [-0.15, -0.1) is 0 Å². The Morgan fingerprint density at radius 2 is 1.88 bits per heavy atom. The first-order chi connectivity index (χ1) is 11.3. The van der Waals surface area contributed by atoms with Gasteiger partial charge in [-0.1, -0.05) is 23.2 Å². The quantitative estimate of drug-likeness (QED) is 0.756. The van der Waals surface area contributed by atoms with E-state index in [1.807, 2.05) is 0 Å². The van der Waals surface area contributed by atoms with Crippen LogP contribution >= 0.6 is 23.2 Å². The van der Waals surface area contributed by atoms with Gasteiger partial charge in [-0.2, -0.15) is 8.42 Å². The van der Waals surface area contributed by atoms with Crippen molar-refractivity contribution in [2.75, 3.05) is 11.4 Å². The highest BCUT2D eigenvalue weighted by molar-refractivity contribution is 7.87. The number of hydrogen-bond acceptors (Lipinski definition) is 4. The fraction of sp³-hybridized carbons (Fsp3) is 0.188. The van der Waals surface area contributed by atoms with Gasteiger partial charge >= 0.3 is 10.1 Å². The van der Waals surface area contributed by atoms with Crippen molar-refractivity contribution in [3.05, 3.63) is 52.0 Å². The van der Waals surface area contributed by atoms with E-state index in [0.717, 1.165) is 11.3 Å². The zero-order valence-electron chi connectivity index (χ0n) is 12.6. The number of benzene rings is 2. The number of rotatable bonds is 3. The van der Waals surface area contributed by atoms with Crippen LogP contribution in [0.2, 0.25) is 10.0 Å². The zero-order valence-corrected chi connectivity index (χ0v) is 15.0. The van der Waals surface area contributed by atoms with Gasteiger partial charge in [0.15, 0.2) is 0 Å². The van der Waals surface area contributed by atoms with Gasteiger partial charge in [-0.3, -0.25) is 4.79 Å². The lowest BCUT2D eigenvalue weighted by Gasteiger charge is -2.15. The standard InChI is InChI=1S/C16H13Cl2NO4S/c1-10(20)19-7-6-11-8-13(3-5-16(11)19)24(21,22)23-12-2-4-14(17)15(18)9-12/h2-5,8-9H,6-7H2,1H3. The van der Waals surface area contributed by atoms with Gasteiger partial charge in [0.2, 0.25) is 5.91 Å². The summed E-state index contributed by atoms with van der Waals surface area (Å²) in [6.45, 7) is 2.02. The molecule has 2 aromatic carbocycles. The van der Waals surface area contributed by atoms with Crippen LogP contribution in [0.25, 0.3) is 0 Å². The van der Waals surface area contributed by atoms with Crippen LogP contribution in [0.4, 0.5) is 5.69 Å². The van der Waals surface area contributed by atoms with E-state index in [9.17, 15) is 13.2 Å². The summed E-state index contributed by atoms with van der Waals surface area (Å²) >= 11 is 11.7. The fourth-order valence-corrected chi connectivity index (χ4v) is 3.83. The number of hydrogen-bond donors (Lipinski definition) is 0. The van der Waals surface area contributed by atoms with Gasteiger partial charge in [0.05, 0.1) is 10.0 Å². The minimum Gasteiger partial charge on any atom is -0.379 e. The topological polar surface area (TPSA) is 63.7 Å². The first kappa shape index (κ1) is 17.1. The van der Waals surface area contributed by atoms with E-state index in [1.54, 1.807) is 11.0 Å². The molecular weight excluding hydrogens is 373 g/mol. The van der Waals surface area contributed by atoms with Gasteiger partial charge in [-0.25, -0.2) is 0 Å². The molecule has 0 aliphatic carbocycles.